The van der Waals surface area contributed by atoms with Crippen molar-refractivity contribution in [3.05, 3.63) is 0 Å². The fourth-order valence-electron chi connectivity index (χ4n) is 2.32. The fourth-order valence-corrected chi connectivity index (χ4v) is 2.32. The Morgan fingerprint density at radius 3 is 2.73 bits per heavy atom. The van der Waals surface area contributed by atoms with Crippen LogP contribution in [0.1, 0.15) is 12.8 Å². The summed E-state index contributed by atoms with van der Waals surface area (Å²) in [7, 11) is 0. The van der Waals surface area contributed by atoms with Gasteiger partial charge >= 0.3 is 0 Å². The first kappa shape index (κ1) is 10.8. The Labute approximate surface area is 87.8 Å². The third-order valence-electron chi connectivity index (χ3n) is 3.30. The standard InChI is InChI=1S/C10H16F2N2O/c11-9(12)8-2-4-14(6-8)10(15)7-1-3-13-5-7/h7-9,13H,1-6H2/t7-,8+/m0/s1. The van der Waals surface area contributed by atoms with Crippen molar-refractivity contribution in [3.8, 4) is 0 Å². The highest BCUT2D eigenvalue weighted by Crippen LogP contribution is 2.25. The lowest BCUT2D eigenvalue weighted by Gasteiger charge is -2.19. The lowest BCUT2D eigenvalue weighted by atomic mass is 10.1. The average molecular weight is 218 g/mol. The van der Waals surface area contributed by atoms with E-state index in [2.05, 4.69) is 5.32 Å². The molecule has 0 bridgehead atoms. The van der Waals surface area contributed by atoms with Crippen molar-refractivity contribution in [2.75, 3.05) is 26.2 Å². The maximum Gasteiger partial charge on any atom is 0.243 e. The predicted molar refractivity (Wildman–Crippen MR) is 51.7 cm³/mol. The maximum absolute atomic E-state index is 12.4. The highest BCUT2D eigenvalue weighted by molar-refractivity contribution is 5.79. The third-order valence-corrected chi connectivity index (χ3v) is 3.30. The Morgan fingerprint density at radius 1 is 1.40 bits per heavy atom. The van der Waals surface area contributed by atoms with E-state index in [9.17, 15) is 13.6 Å². The molecule has 86 valence electrons. The molecule has 2 aliphatic rings. The summed E-state index contributed by atoms with van der Waals surface area (Å²) >= 11 is 0. The highest BCUT2D eigenvalue weighted by atomic mass is 19.3. The number of amides is 1. The van der Waals surface area contributed by atoms with Gasteiger partial charge in [0.25, 0.3) is 0 Å². The van der Waals surface area contributed by atoms with E-state index in [4.69, 9.17) is 0 Å². The lowest BCUT2D eigenvalue weighted by molar-refractivity contribution is -0.134. The number of nitrogens with one attached hydrogen (secondary N) is 1. The Hall–Kier alpha value is -0.710. The molecule has 1 amide bonds. The number of nitrogens with zero attached hydrogens (tertiary/aromatic N) is 1. The molecule has 2 saturated heterocycles. The zero-order valence-electron chi connectivity index (χ0n) is 8.59. The van der Waals surface area contributed by atoms with E-state index in [1.54, 1.807) is 4.90 Å². The molecule has 0 aromatic rings. The Balaban J connectivity index is 1.87. The first-order valence-corrected chi connectivity index (χ1v) is 5.46. The summed E-state index contributed by atoms with van der Waals surface area (Å²) in [5.74, 6) is -0.534. The molecule has 3 nitrogen and oxygen atoms in total. The average Bonchev–Trinajstić information content (AvgIpc) is 2.88. The Bertz CT molecular complexity index is 242. The van der Waals surface area contributed by atoms with Crippen LogP contribution in [0.3, 0.4) is 0 Å². The van der Waals surface area contributed by atoms with Crippen molar-refractivity contribution < 1.29 is 13.6 Å². The van der Waals surface area contributed by atoms with E-state index >= 15 is 0 Å². The predicted octanol–water partition coefficient (Wildman–Crippen LogP) is 0.710. The fraction of sp³-hybridized carbons (Fsp3) is 0.900. The summed E-state index contributed by atoms with van der Waals surface area (Å²) in [5, 5.41) is 3.12. The van der Waals surface area contributed by atoms with Crippen LogP contribution in [0, 0.1) is 11.8 Å². The topological polar surface area (TPSA) is 32.3 Å². The van der Waals surface area contributed by atoms with Gasteiger partial charge in [0.05, 0.1) is 5.92 Å². The quantitative estimate of drug-likeness (QED) is 0.740. The second kappa shape index (κ2) is 4.43. The van der Waals surface area contributed by atoms with Gasteiger partial charge in [-0.3, -0.25) is 4.79 Å². The van der Waals surface area contributed by atoms with Crippen LogP contribution < -0.4 is 5.32 Å². The molecule has 1 N–H and O–H groups in total. The first-order chi connectivity index (χ1) is 7.18. The molecule has 0 aromatic heterocycles. The molecule has 0 aliphatic carbocycles. The SMILES string of the molecule is O=C([C@H]1CCNC1)N1CC[C@@H](C(F)F)C1. The van der Waals surface area contributed by atoms with Crippen molar-refractivity contribution in [1.82, 2.24) is 10.2 Å². The van der Waals surface area contributed by atoms with Crippen LogP contribution in [0.25, 0.3) is 0 Å². The number of carbonyl (C=O) groups excluding carboxylic acids is 1. The minimum Gasteiger partial charge on any atom is -0.342 e. The lowest BCUT2D eigenvalue weighted by Crippen LogP contribution is -2.35. The number of halogens is 2. The van der Waals surface area contributed by atoms with Crippen LogP contribution in [-0.2, 0) is 4.79 Å². The number of rotatable bonds is 2. The van der Waals surface area contributed by atoms with E-state index in [-0.39, 0.29) is 18.4 Å². The monoisotopic (exact) mass is 218 g/mol. The number of carbonyl (C=O) groups is 1. The summed E-state index contributed by atoms with van der Waals surface area (Å²) in [6, 6.07) is 0. The normalized spacial score (nSPS) is 31.5. The van der Waals surface area contributed by atoms with Gasteiger partial charge in [0, 0.05) is 25.6 Å². The molecule has 2 heterocycles. The summed E-state index contributed by atoms with van der Waals surface area (Å²) in [6.07, 6.45) is -0.998. The molecule has 5 heteroatoms. The van der Waals surface area contributed by atoms with Gasteiger partial charge in [-0.25, -0.2) is 8.78 Å². The van der Waals surface area contributed by atoms with Gasteiger partial charge < -0.3 is 10.2 Å². The molecule has 0 unspecified atom stereocenters. The summed E-state index contributed by atoms with van der Waals surface area (Å²) in [5.41, 5.74) is 0. The van der Waals surface area contributed by atoms with Crippen molar-refractivity contribution >= 4 is 5.91 Å². The zero-order valence-corrected chi connectivity index (χ0v) is 8.59. The van der Waals surface area contributed by atoms with Crippen LogP contribution >= 0.6 is 0 Å². The van der Waals surface area contributed by atoms with Gasteiger partial charge in [0.15, 0.2) is 0 Å². The summed E-state index contributed by atoms with van der Waals surface area (Å²) in [6.45, 7) is 2.31. The van der Waals surface area contributed by atoms with E-state index in [1.807, 2.05) is 0 Å². The van der Waals surface area contributed by atoms with Gasteiger partial charge in [-0.05, 0) is 19.4 Å². The van der Waals surface area contributed by atoms with Crippen LogP contribution in [0.5, 0.6) is 0 Å². The van der Waals surface area contributed by atoms with E-state index < -0.39 is 12.3 Å². The highest BCUT2D eigenvalue weighted by Gasteiger charge is 2.35. The van der Waals surface area contributed by atoms with Crippen molar-refractivity contribution in [3.63, 3.8) is 0 Å². The molecular formula is C10H16F2N2O. The number of hydrogen-bond acceptors (Lipinski definition) is 2. The van der Waals surface area contributed by atoms with Gasteiger partial charge in [-0.1, -0.05) is 0 Å². The van der Waals surface area contributed by atoms with Crippen LogP contribution in [0.2, 0.25) is 0 Å². The second-order valence-electron chi connectivity index (χ2n) is 4.36. The number of hydrogen-bond donors (Lipinski definition) is 1. The largest absolute Gasteiger partial charge is 0.342 e. The van der Waals surface area contributed by atoms with Crippen molar-refractivity contribution in [2.45, 2.75) is 19.3 Å². The molecule has 0 saturated carbocycles. The number of likely N-dealkylation sites (tertiary alicyclic amines) is 1. The van der Waals surface area contributed by atoms with Crippen molar-refractivity contribution in [2.24, 2.45) is 11.8 Å². The summed E-state index contributed by atoms with van der Waals surface area (Å²) in [4.78, 5) is 13.5. The van der Waals surface area contributed by atoms with Gasteiger partial charge in [-0.15, -0.1) is 0 Å². The van der Waals surface area contributed by atoms with Gasteiger partial charge in [0.1, 0.15) is 0 Å². The minimum absolute atomic E-state index is 0.0152. The smallest absolute Gasteiger partial charge is 0.243 e. The van der Waals surface area contributed by atoms with Gasteiger partial charge in [-0.2, -0.15) is 0 Å². The molecule has 2 fully saturated rings. The molecule has 2 rings (SSSR count). The Kier molecular flexibility index (Phi) is 3.19. The minimum atomic E-state index is -2.29. The molecular weight excluding hydrogens is 202 g/mol. The second-order valence-corrected chi connectivity index (χ2v) is 4.36. The zero-order chi connectivity index (χ0) is 10.8. The van der Waals surface area contributed by atoms with Crippen LogP contribution in [0.4, 0.5) is 8.78 Å². The van der Waals surface area contributed by atoms with E-state index in [0.717, 1.165) is 13.0 Å². The van der Waals surface area contributed by atoms with Crippen molar-refractivity contribution in [1.29, 1.82) is 0 Å². The molecule has 0 aromatic carbocycles. The van der Waals surface area contributed by atoms with E-state index in [0.29, 0.717) is 19.5 Å². The van der Waals surface area contributed by atoms with Gasteiger partial charge in [0.2, 0.25) is 12.3 Å². The Morgan fingerprint density at radius 2 is 2.20 bits per heavy atom. The van der Waals surface area contributed by atoms with Crippen LogP contribution in [-0.4, -0.2) is 43.4 Å². The summed E-state index contributed by atoms with van der Waals surface area (Å²) < 4.78 is 24.8. The van der Waals surface area contributed by atoms with E-state index in [1.165, 1.54) is 0 Å². The molecule has 2 aliphatic heterocycles. The van der Waals surface area contributed by atoms with Crippen LogP contribution in [0.15, 0.2) is 0 Å². The molecule has 2 atom stereocenters. The first-order valence-electron chi connectivity index (χ1n) is 5.46. The molecule has 15 heavy (non-hydrogen) atoms. The molecule has 0 radical (unpaired) electrons. The number of alkyl halides is 2. The third kappa shape index (κ3) is 2.27. The maximum atomic E-state index is 12.4. The molecule has 0 spiro atoms.